The number of nitriles is 1. The predicted molar refractivity (Wildman–Crippen MR) is 80.0 cm³/mol. The summed E-state index contributed by atoms with van der Waals surface area (Å²) in [6.45, 7) is 0.547. The van der Waals surface area contributed by atoms with Crippen molar-refractivity contribution in [3.63, 3.8) is 0 Å². The molecule has 0 saturated heterocycles. The molecule has 5 heteroatoms. The number of hydrogen-bond acceptors (Lipinski definition) is 2. The maximum Gasteiger partial charge on any atom is 0.0992 e. The number of nitrogens with one attached hydrogen (secondary N) is 1. The first-order chi connectivity index (χ1) is 9.10. The summed E-state index contributed by atoms with van der Waals surface area (Å²) in [4.78, 5) is 0. The molecule has 0 fully saturated rings. The molecule has 0 aliphatic carbocycles. The van der Waals surface area contributed by atoms with Gasteiger partial charge in [0.2, 0.25) is 0 Å². The molecule has 0 spiro atoms. The van der Waals surface area contributed by atoms with Gasteiger partial charge in [-0.05, 0) is 35.9 Å². The topological polar surface area (TPSA) is 35.8 Å². The predicted octanol–water partition coefficient (Wildman–Crippen LogP) is 5.13. The van der Waals surface area contributed by atoms with Crippen molar-refractivity contribution in [3.05, 3.63) is 62.6 Å². The zero-order chi connectivity index (χ0) is 13.8. The van der Waals surface area contributed by atoms with E-state index in [1.807, 2.05) is 6.07 Å². The van der Waals surface area contributed by atoms with Gasteiger partial charge in [0, 0.05) is 6.54 Å². The molecule has 2 nitrogen and oxygen atoms in total. The smallest absolute Gasteiger partial charge is 0.0992 e. The highest BCUT2D eigenvalue weighted by molar-refractivity contribution is 6.42. The van der Waals surface area contributed by atoms with Crippen molar-refractivity contribution in [1.82, 2.24) is 0 Å². The molecule has 19 heavy (non-hydrogen) atoms. The Morgan fingerprint density at radius 3 is 2.37 bits per heavy atom. The van der Waals surface area contributed by atoms with Crippen molar-refractivity contribution in [2.45, 2.75) is 6.54 Å². The Balaban J connectivity index is 2.14. The molecule has 0 amide bonds. The number of benzene rings is 2. The molecule has 2 aromatic carbocycles. The normalized spacial score (nSPS) is 10.0. The van der Waals surface area contributed by atoms with E-state index < -0.39 is 0 Å². The molecule has 0 atom stereocenters. The van der Waals surface area contributed by atoms with E-state index in [0.29, 0.717) is 32.9 Å². The quantitative estimate of drug-likeness (QED) is 0.853. The highest BCUT2D eigenvalue weighted by atomic mass is 35.5. The Hall–Kier alpha value is -1.40. The van der Waals surface area contributed by atoms with E-state index in [4.69, 9.17) is 40.1 Å². The second-order valence-corrected chi connectivity index (χ2v) is 5.13. The van der Waals surface area contributed by atoms with Gasteiger partial charge in [-0.25, -0.2) is 0 Å². The van der Waals surface area contributed by atoms with Gasteiger partial charge in [0.25, 0.3) is 0 Å². The molecule has 0 aliphatic rings. The van der Waals surface area contributed by atoms with E-state index in [0.717, 1.165) is 5.56 Å². The minimum Gasteiger partial charge on any atom is -0.380 e. The Morgan fingerprint density at radius 1 is 0.947 bits per heavy atom. The minimum absolute atomic E-state index is 0.512. The summed E-state index contributed by atoms with van der Waals surface area (Å²) in [6, 6.07) is 12.6. The van der Waals surface area contributed by atoms with Crippen molar-refractivity contribution in [1.29, 1.82) is 5.26 Å². The van der Waals surface area contributed by atoms with Crippen molar-refractivity contribution in [2.24, 2.45) is 0 Å². The third kappa shape index (κ3) is 3.54. The van der Waals surface area contributed by atoms with E-state index in [2.05, 4.69) is 11.4 Å². The lowest BCUT2D eigenvalue weighted by Crippen LogP contribution is -2.00. The molecule has 0 saturated carbocycles. The molecule has 2 aromatic rings. The molecule has 0 bridgehead atoms. The summed E-state index contributed by atoms with van der Waals surface area (Å²) in [6.07, 6.45) is 0. The van der Waals surface area contributed by atoms with Crippen LogP contribution in [0.1, 0.15) is 11.1 Å². The van der Waals surface area contributed by atoms with Crippen molar-refractivity contribution in [2.75, 3.05) is 5.32 Å². The summed E-state index contributed by atoms with van der Waals surface area (Å²) < 4.78 is 0. The fraction of sp³-hybridized carbons (Fsp3) is 0.0714. The average Bonchev–Trinajstić information content (AvgIpc) is 2.41. The molecule has 0 heterocycles. The SMILES string of the molecule is N#Cc1ccc(Cl)c(NCc2ccc(Cl)c(Cl)c2)c1. The zero-order valence-electron chi connectivity index (χ0n) is 9.75. The zero-order valence-corrected chi connectivity index (χ0v) is 12.0. The summed E-state index contributed by atoms with van der Waals surface area (Å²) >= 11 is 17.9. The maximum atomic E-state index is 8.85. The van der Waals surface area contributed by atoms with Gasteiger partial charge in [0.15, 0.2) is 0 Å². The fourth-order valence-corrected chi connectivity index (χ4v) is 2.08. The third-order valence-electron chi connectivity index (χ3n) is 2.56. The largest absolute Gasteiger partial charge is 0.380 e. The first-order valence-electron chi connectivity index (χ1n) is 5.47. The highest BCUT2D eigenvalue weighted by Gasteiger charge is 2.03. The van der Waals surface area contributed by atoms with Crippen LogP contribution in [0.15, 0.2) is 36.4 Å². The van der Waals surface area contributed by atoms with E-state index in [1.54, 1.807) is 30.3 Å². The van der Waals surface area contributed by atoms with Crippen LogP contribution in [-0.4, -0.2) is 0 Å². The summed E-state index contributed by atoms with van der Waals surface area (Å²) in [5.41, 5.74) is 2.25. The van der Waals surface area contributed by atoms with E-state index in [-0.39, 0.29) is 0 Å². The lowest BCUT2D eigenvalue weighted by molar-refractivity contribution is 1.15. The first kappa shape index (κ1) is 14.0. The van der Waals surface area contributed by atoms with Crippen LogP contribution in [0.3, 0.4) is 0 Å². The fourth-order valence-electron chi connectivity index (χ4n) is 1.58. The Labute approximate surface area is 126 Å². The number of rotatable bonds is 3. The molecule has 2 rings (SSSR count). The van der Waals surface area contributed by atoms with E-state index >= 15 is 0 Å². The second-order valence-electron chi connectivity index (χ2n) is 3.91. The number of anilines is 1. The van der Waals surface area contributed by atoms with Crippen LogP contribution in [0.2, 0.25) is 15.1 Å². The maximum absolute atomic E-state index is 8.85. The van der Waals surface area contributed by atoms with Crippen molar-refractivity contribution in [3.8, 4) is 6.07 Å². The lowest BCUT2D eigenvalue weighted by Gasteiger charge is -2.09. The van der Waals surface area contributed by atoms with Crippen LogP contribution >= 0.6 is 34.8 Å². The number of halogens is 3. The number of hydrogen-bond donors (Lipinski definition) is 1. The van der Waals surface area contributed by atoms with E-state index in [9.17, 15) is 0 Å². The van der Waals surface area contributed by atoms with Crippen LogP contribution < -0.4 is 5.32 Å². The van der Waals surface area contributed by atoms with Gasteiger partial charge in [-0.15, -0.1) is 0 Å². The molecule has 96 valence electrons. The van der Waals surface area contributed by atoms with Gasteiger partial charge < -0.3 is 5.32 Å². The minimum atomic E-state index is 0.512. The van der Waals surface area contributed by atoms with Gasteiger partial charge in [-0.2, -0.15) is 5.26 Å². The molecule has 1 N–H and O–H groups in total. The standard InChI is InChI=1S/C14H9Cl3N2/c15-11-3-2-10(5-13(11)17)8-19-14-6-9(7-18)1-4-12(14)16/h1-6,19H,8H2. The molecule has 0 radical (unpaired) electrons. The molecular weight excluding hydrogens is 303 g/mol. The van der Waals surface area contributed by atoms with Crippen molar-refractivity contribution < 1.29 is 0 Å². The Bertz CT molecular complexity index is 648. The van der Waals surface area contributed by atoms with Gasteiger partial charge in [0.1, 0.15) is 0 Å². The van der Waals surface area contributed by atoms with Crippen LogP contribution in [0.4, 0.5) is 5.69 Å². The van der Waals surface area contributed by atoms with Gasteiger partial charge in [0.05, 0.1) is 32.4 Å². The molecule has 0 aliphatic heterocycles. The lowest BCUT2D eigenvalue weighted by atomic mass is 10.2. The molecular formula is C14H9Cl3N2. The molecule has 0 unspecified atom stereocenters. The Morgan fingerprint density at radius 2 is 1.68 bits per heavy atom. The summed E-state index contributed by atoms with van der Waals surface area (Å²) in [5.74, 6) is 0. The highest BCUT2D eigenvalue weighted by Crippen LogP contribution is 2.25. The molecule has 0 aromatic heterocycles. The van der Waals surface area contributed by atoms with Gasteiger partial charge in [-0.1, -0.05) is 40.9 Å². The van der Waals surface area contributed by atoms with Crippen LogP contribution in [0.25, 0.3) is 0 Å². The summed E-state index contributed by atoms with van der Waals surface area (Å²) in [7, 11) is 0. The van der Waals surface area contributed by atoms with Gasteiger partial charge in [-0.3, -0.25) is 0 Å². The first-order valence-corrected chi connectivity index (χ1v) is 6.61. The Kier molecular flexibility index (Phi) is 4.55. The van der Waals surface area contributed by atoms with Crippen LogP contribution in [0, 0.1) is 11.3 Å². The van der Waals surface area contributed by atoms with E-state index in [1.165, 1.54) is 0 Å². The third-order valence-corrected chi connectivity index (χ3v) is 3.63. The van der Waals surface area contributed by atoms with Crippen molar-refractivity contribution >= 4 is 40.5 Å². The second kappa shape index (κ2) is 6.16. The van der Waals surface area contributed by atoms with Crippen LogP contribution in [0.5, 0.6) is 0 Å². The summed E-state index contributed by atoms with van der Waals surface area (Å²) in [5, 5.41) is 13.6. The number of nitrogens with zero attached hydrogens (tertiary/aromatic N) is 1. The van der Waals surface area contributed by atoms with Crippen LogP contribution in [-0.2, 0) is 6.54 Å². The monoisotopic (exact) mass is 310 g/mol. The average molecular weight is 312 g/mol. The van der Waals surface area contributed by atoms with Gasteiger partial charge >= 0.3 is 0 Å².